The van der Waals surface area contributed by atoms with Gasteiger partial charge in [0.05, 0.1) is 19.4 Å². The van der Waals surface area contributed by atoms with Crippen LogP contribution in [0.3, 0.4) is 0 Å². The van der Waals surface area contributed by atoms with Gasteiger partial charge in [0.15, 0.2) is 11.6 Å². The Hall–Kier alpha value is -1.94. The van der Waals surface area contributed by atoms with Crippen molar-refractivity contribution in [3.8, 4) is 11.5 Å². The number of halogens is 2. The summed E-state index contributed by atoms with van der Waals surface area (Å²) in [6.45, 7) is 2.94. The second-order valence-corrected chi connectivity index (χ2v) is 4.83. The quantitative estimate of drug-likeness (QED) is 0.852. The zero-order valence-corrected chi connectivity index (χ0v) is 12.7. The third-order valence-corrected chi connectivity index (χ3v) is 3.18. The van der Waals surface area contributed by atoms with Crippen molar-refractivity contribution in [2.45, 2.75) is 13.5 Å². The molecule has 0 radical (unpaired) electrons. The SMILES string of the molecule is CCOc1ccc(Cl)cc1NCc1ccc(OC)c(F)c1. The fourth-order valence-corrected chi connectivity index (χ4v) is 2.11. The van der Waals surface area contributed by atoms with Crippen LogP contribution in [0.15, 0.2) is 36.4 Å². The number of benzene rings is 2. The Labute approximate surface area is 128 Å². The minimum atomic E-state index is -0.382. The van der Waals surface area contributed by atoms with Crippen LogP contribution >= 0.6 is 11.6 Å². The van der Waals surface area contributed by atoms with Crippen molar-refractivity contribution in [1.29, 1.82) is 0 Å². The zero-order chi connectivity index (χ0) is 15.2. The van der Waals surface area contributed by atoms with Crippen LogP contribution in [0.5, 0.6) is 11.5 Å². The molecule has 0 fully saturated rings. The van der Waals surface area contributed by atoms with Gasteiger partial charge in [-0.1, -0.05) is 17.7 Å². The molecule has 1 N–H and O–H groups in total. The van der Waals surface area contributed by atoms with Crippen molar-refractivity contribution in [3.63, 3.8) is 0 Å². The van der Waals surface area contributed by atoms with Crippen LogP contribution in [0.2, 0.25) is 5.02 Å². The Bertz CT molecular complexity index is 619. The number of nitrogens with one attached hydrogen (secondary N) is 1. The van der Waals surface area contributed by atoms with Crippen LogP contribution in [-0.2, 0) is 6.54 Å². The standard InChI is InChI=1S/C16H17ClFNO2/c1-3-21-16-7-5-12(17)9-14(16)19-10-11-4-6-15(20-2)13(18)8-11/h4-9,19H,3,10H2,1-2H3. The molecular formula is C16H17ClFNO2. The van der Waals surface area contributed by atoms with Gasteiger partial charge in [0.1, 0.15) is 5.75 Å². The average molecular weight is 310 g/mol. The van der Waals surface area contributed by atoms with Gasteiger partial charge >= 0.3 is 0 Å². The summed E-state index contributed by atoms with van der Waals surface area (Å²) in [5.74, 6) is 0.570. The fourth-order valence-electron chi connectivity index (χ4n) is 1.94. The minimum absolute atomic E-state index is 0.233. The Kier molecular flexibility index (Phi) is 5.28. The van der Waals surface area contributed by atoms with E-state index in [1.165, 1.54) is 13.2 Å². The molecule has 0 saturated carbocycles. The second kappa shape index (κ2) is 7.18. The number of hydrogen-bond donors (Lipinski definition) is 1. The van der Waals surface area contributed by atoms with Crippen LogP contribution in [-0.4, -0.2) is 13.7 Å². The van der Waals surface area contributed by atoms with E-state index in [2.05, 4.69) is 5.32 Å². The summed E-state index contributed by atoms with van der Waals surface area (Å²) in [4.78, 5) is 0. The van der Waals surface area contributed by atoms with E-state index in [9.17, 15) is 4.39 Å². The summed E-state index contributed by atoms with van der Waals surface area (Å²) in [6, 6.07) is 10.2. The monoisotopic (exact) mass is 309 g/mol. The molecule has 0 aliphatic carbocycles. The van der Waals surface area contributed by atoms with Crippen LogP contribution < -0.4 is 14.8 Å². The van der Waals surface area contributed by atoms with Gasteiger partial charge in [0.25, 0.3) is 0 Å². The first kappa shape index (κ1) is 15.4. The molecule has 0 aliphatic heterocycles. The summed E-state index contributed by atoms with van der Waals surface area (Å²) in [7, 11) is 1.44. The van der Waals surface area contributed by atoms with Crippen LogP contribution in [0.25, 0.3) is 0 Å². The van der Waals surface area contributed by atoms with Gasteiger partial charge in [-0.3, -0.25) is 0 Å². The molecule has 2 aromatic rings. The van der Waals surface area contributed by atoms with Gasteiger partial charge in [0.2, 0.25) is 0 Å². The van der Waals surface area contributed by atoms with Crippen molar-refractivity contribution >= 4 is 17.3 Å². The molecule has 0 heterocycles. The van der Waals surface area contributed by atoms with Crippen LogP contribution in [0.1, 0.15) is 12.5 Å². The summed E-state index contributed by atoms with van der Waals surface area (Å²) >= 11 is 5.99. The largest absolute Gasteiger partial charge is 0.494 e. The number of anilines is 1. The van der Waals surface area contributed by atoms with Crippen LogP contribution in [0, 0.1) is 5.82 Å². The lowest BCUT2D eigenvalue weighted by Gasteiger charge is -2.13. The Balaban J connectivity index is 2.12. The van der Waals surface area contributed by atoms with E-state index >= 15 is 0 Å². The van der Waals surface area contributed by atoms with Gasteiger partial charge in [-0.25, -0.2) is 4.39 Å². The maximum absolute atomic E-state index is 13.6. The number of ether oxygens (including phenoxy) is 2. The molecule has 2 aromatic carbocycles. The van der Waals surface area contributed by atoms with Crippen LogP contribution in [0.4, 0.5) is 10.1 Å². The molecule has 0 saturated heterocycles. The first-order valence-electron chi connectivity index (χ1n) is 6.62. The predicted molar refractivity (Wildman–Crippen MR) is 82.9 cm³/mol. The zero-order valence-electron chi connectivity index (χ0n) is 12.0. The second-order valence-electron chi connectivity index (χ2n) is 4.40. The molecule has 0 aromatic heterocycles. The first-order valence-corrected chi connectivity index (χ1v) is 7.00. The molecule has 0 bridgehead atoms. The Morgan fingerprint density at radius 3 is 2.57 bits per heavy atom. The predicted octanol–water partition coefficient (Wildman–Crippen LogP) is 4.50. The molecular weight excluding hydrogens is 293 g/mol. The van der Waals surface area contributed by atoms with E-state index in [-0.39, 0.29) is 11.6 Å². The maximum Gasteiger partial charge on any atom is 0.165 e. The summed E-state index contributed by atoms with van der Waals surface area (Å²) in [5, 5.41) is 3.82. The van der Waals surface area contributed by atoms with E-state index in [4.69, 9.17) is 21.1 Å². The molecule has 21 heavy (non-hydrogen) atoms. The average Bonchev–Trinajstić information content (AvgIpc) is 2.48. The molecule has 3 nitrogen and oxygen atoms in total. The summed E-state index contributed by atoms with van der Waals surface area (Å²) < 4.78 is 24.1. The highest BCUT2D eigenvalue weighted by atomic mass is 35.5. The van der Waals surface area contributed by atoms with Gasteiger partial charge < -0.3 is 14.8 Å². The van der Waals surface area contributed by atoms with E-state index < -0.39 is 0 Å². The van der Waals surface area contributed by atoms with Crippen molar-refractivity contribution < 1.29 is 13.9 Å². The minimum Gasteiger partial charge on any atom is -0.494 e. The lowest BCUT2D eigenvalue weighted by molar-refractivity contribution is 0.341. The van der Waals surface area contributed by atoms with Crippen molar-refractivity contribution in [3.05, 3.63) is 52.8 Å². The lowest BCUT2D eigenvalue weighted by atomic mass is 10.2. The van der Waals surface area contributed by atoms with Crippen molar-refractivity contribution in [2.24, 2.45) is 0 Å². The highest BCUT2D eigenvalue weighted by Gasteiger charge is 2.06. The van der Waals surface area contributed by atoms with Gasteiger partial charge in [0, 0.05) is 11.6 Å². The molecule has 0 atom stereocenters. The molecule has 5 heteroatoms. The first-order chi connectivity index (χ1) is 10.1. The normalized spacial score (nSPS) is 10.3. The van der Waals surface area contributed by atoms with E-state index in [1.54, 1.807) is 24.3 Å². The van der Waals surface area contributed by atoms with Gasteiger partial charge in [-0.15, -0.1) is 0 Å². The maximum atomic E-state index is 13.6. The Morgan fingerprint density at radius 1 is 1.14 bits per heavy atom. The molecule has 0 spiro atoms. The Morgan fingerprint density at radius 2 is 1.90 bits per heavy atom. The third-order valence-electron chi connectivity index (χ3n) is 2.94. The third kappa shape index (κ3) is 4.02. The van der Waals surface area contributed by atoms with Gasteiger partial charge in [-0.2, -0.15) is 0 Å². The molecule has 0 amide bonds. The van der Waals surface area contributed by atoms with E-state index in [1.807, 2.05) is 13.0 Å². The molecule has 112 valence electrons. The summed E-state index contributed by atoms with van der Waals surface area (Å²) in [5.41, 5.74) is 1.58. The van der Waals surface area contributed by atoms with Crippen molar-refractivity contribution in [2.75, 3.05) is 19.0 Å². The topological polar surface area (TPSA) is 30.5 Å². The summed E-state index contributed by atoms with van der Waals surface area (Å²) in [6.07, 6.45) is 0. The molecule has 2 rings (SSSR count). The highest BCUT2D eigenvalue weighted by molar-refractivity contribution is 6.30. The van der Waals surface area contributed by atoms with Crippen molar-refractivity contribution in [1.82, 2.24) is 0 Å². The van der Waals surface area contributed by atoms with Gasteiger partial charge in [-0.05, 0) is 42.8 Å². The lowest BCUT2D eigenvalue weighted by Crippen LogP contribution is -2.03. The number of methoxy groups -OCH3 is 1. The number of hydrogen-bond acceptors (Lipinski definition) is 3. The fraction of sp³-hybridized carbons (Fsp3) is 0.250. The van der Waals surface area contributed by atoms with E-state index in [0.29, 0.717) is 18.2 Å². The smallest absolute Gasteiger partial charge is 0.165 e. The van der Waals surface area contributed by atoms with E-state index in [0.717, 1.165) is 17.0 Å². The number of rotatable bonds is 6. The molecule has 0 aliphatic rings. The molecule has 0 unspecified atom stereocenters. The highest BCUT2D eigenvalue weighted by Crippen LogP contribution is 2.28.